The summed E-state index contributed by atoms with van der Waals surface area (Å²) in [5.41, 5.74) is 3.11. The summed E-state index contributed by atoms with van der Waals surface area (Å²) in [5.74, 6) is 2.19. The molecule has 0 radical (unpaired) electrons. The van der Waals surface area contributed by atoms with E-state index in [-0.39, 0.29) is 0 Å². The fraction of sp³-hybridized carbons (Fsp3) is 0.412. The molecule has 1 fully saturated rings. The van der Waals surface area contributed by atoms with Gasteiger partial charge in [-0.3, -0.25) is 0 Å². The van der Waals surface area contributed by atoms with E-state index in [0.29, 0.717) is 0 Å². The Morgan fingerprint density at radius 1 is 1.38 bits per heavy atom. The maximum atomic E-state index is 11.4. The Balaban J connectivity index is 1.78. The van der Waals surface area contributed by atoms with E-state index in [1.807, 2.05) is 0 Å². The molecule has 0 unspecified atom stereocenters. The predicted octanol–water partition coefficient (Wildman–Crippen LogP) is 2.72. The van der Waals surface area contributed by atoms with Gasteiger partial charge in [0.05, 0.1) is 0 Å². The third-order valence-electron chi connectivity index (χ3n) is 4.06. The number of nitrogens with one attached hydrogen (secondary N) is 1. The molecule has 0 bridgehead atoms. The Hall–Kier alpha value is -1.45. The van der Waals surface area contributed by atoms with Crippen LogP contribution < -0.4 is 5.32 Å². The Labute approximate surface area is 129 Å². The van der Waals surface area contributed by atoms with Crippen LogP contribution in [0.25, 0.3) is 15.7 Å². The molecule has 3 nitrogen and oxygen atoms in total. The molecule has 1 aliphatic heterocycles. The van der Waals surface area contributed by atoms with Gasteiger partial charge in [0.25, 0.3) is 0 Å². The van der Waals surface area contributed by atoms with Crippen LogP contribution in [-0.2, 0) is 4.79 Å². The molecule has 1 aromatic heterocycles. The molecular weight excluding hydrogens is 280 g/mol. The summed E-state index contributed by atoms with van der Waals surface area (Å²) in [4.78, 5) is 13.8. The first-order valence-electron chi connectivity index (χ1n) is 7.43. The lowest BCUT2D eigenvalue weighted by molar-refractivity contribution is 0.246. The molecule has 4 heteroatoms. The molecule has 21 heavy (non-hydrogen) atoms. The van der Waals surface area contributed by atoms with Gasteiger partial charge in [-0.15, -0.1) is 11.3 Å². The van der Waals surface area contributed by atoms with Crippen LogP contribution in [0.15, 0.2) is 23.6 Å². The van der Waals surface area contributed by atoms with Gasteiger partial charge < -0.3 is 10.2 Å². The van der Waals surface area contributed by atoms with Gasteiger partial charge in [-0.25, -0.2) is 4.79 Å². The van der Waals surface area contributed by atoms with Crippen molar-refractivity contribution in [2.24, 2.45) is 0 Å². The van der Waals surface area contributed by atoms with Gasteiger partial charge in [0.1, 0.15) is 5.94 Å². The van der Waals surface area contributed by atoms with Crippen molar-refractivity contribution in [3.05, 3.63) is 34.7 Å². The number of benzene rings is 1. The molecule has 1 N–H and O–H groups in total. The van der Waals surface area contributed by atoms with Crippen molar-refractivity contribution in [2.75, 3.05) is 32.7 Å². The highest BCUT2D eigenvalue weighted by Crippen LogP contribution is 2.32. The summed E-state index contributed by atoms with van der Waals surface area (Å²) in [6.45, 7) is 7.24. The fourth-order valence-electron chi connectivity index (χ4n) is 2.82. The number of piperazine rings is 1. The summed E-state index contributed by atoms with van der Waals surface area (Å²) >= 11 is 1.70. The number of fused-ring (bicyclic) bond motifs is 1. The Bertz CT molecular complexity index is 679. The molecular formula is C17H20N2OS. The molecule has 0 saturated carbocycles. The number of hydrogen-bond donors (Lipinski definition) is 1. The van der Waals surface area contributed by atoms with Gasteiger partial charge in [0.2, 0.25) is 0 Å². The maximum absolute atomic E-state index is 11.4. The molecule has 3 rings (SSSR count). The van der Waals surface area contributed by atoms with Gasteiger partial charge in [-0.05, 0) is 25.5 Å². The van der Waals surface area contributed by atoms with Crippen molar-refractivity contribution in [1.82, 2.24) is 10.2 Å². The molecule has 1 aliphatic rings. The van der Waals surface area contributed by atoms with Crippen LogP contribution in [0.1, 0.15) is 17.5 Å². The number of aryl methyl sites for hydroxylation is 1. The molecule has 2 heterocycles. The van der Waals surface area contributed by atoms with E-state index >= 15 is 0 Å². The number of rotatable bonds is 4. The number of hydrogen-bond acceptors (Lipinski definition) is 4. The summed E-state index contributed by atoms with van der Waals surface area (Å²) in [6, 6.07) is 6.43. The summed E-state index contributed by atoms with van der Waals surface area (Å²) in [7, 11) is 0. The summed E-state index contributed by atoms with van der Waals surface area (Å²) < 4.78 is 1.24. The van der Waals surface area contributed by atoms with E-state index in [4.69, 9.17) is 0 Å². The van der Waals surface area contributed by atoms with Crippen LogP contribution in [-0.4, -0.2) is 43.6 Å². The van der Waals surface area contributed by atoms with Gasteiger partial charge in [0, 0.05) is 59.3 Å². The highest BCUT2D eigenvalue weighted by atomic mass is 32.1. The van der Waals surface area contributed by atoms with Crippen LogP contribution in [0.2, 0.25) is 0 Å². The zero-order chi connectivity index (χ0) is 14.7. The lowest BCUT2D eigenvalue weighted by Gasteiger charge is -2.27. The largest absolute Gasteiger partial charge is 0.314 e. The maximum Gasteiger partial charge on any atom is 0.128 e. The predicted molar refractivity (Wildman–Crippen MR) is 89.6 cm³/mol. The highest BCUT2D eigenvalue weighted by Gasteiger charge is 2.14. The average Bonchev–Trinajstić information content (AvgIpc) is 2.92. The van der Waals surface area contributed by atoms with E-state index in [0.717, 1.165) is 50.3 Å². The van der Waals surface area contributed by atoms with Crippen molar-refractivity contribution in [3.8, 4) is 0 Å². The standard InChI is InChI=1S/C17H20N2OS/c1-13-2-3-17-15(10-13)16(12-21-17)14(11-20)4-7-19-8-5-18-6-9-19/h2-3,10,12,18H,4-9H2,1H3. The van der Waals surface area contributed by atoms with Gasteiger partial charge in [0.15, 0.2) is 0 Å². The third-order valence-corrected chi connectivity index (χ3v) is 5.03. The van der Waals surface area contributed by atoms with Crippen molar-refractivity contribution in [2.45, 2.75) is 13.3 Å². The fourth-order valence-corrected chi connectivity index (χ4v) is 3.78. The third kappa shape index (κ3) is 3.25. The summed E-state index contributed by atoms with van der Waals surface area (Å²) in [5, 5.41) is 6.64. The second-order valence-electron chi connectivity index (χ2n) is 5.57. The molecule has 0 amide bonds. The van der Waals surface area contributed by atoms with Gasteiger partial charge in [-0.1, -0.05) is 11.6 Å². The van der Waals surface area contributed by atoms with Crippen LogP contribution >= 0.6 is 11.3 Å². The first-order valence-corrected chi connectivity index (χ1v) is 8.31. The molecule has 1 saturated heterocycles. The molecule has 110 valence electrons. The quantitative estimate of drug-likeness (QED) is 0.881. The average molecular weight is 300 g/mol. The molecule has 0 aliphatic carbocycles. The minimum Gasteiger partial charge on any atom is -0.314 e. The lowest BCUT2D eigenvalue weighted by atomic mass is 10.0. The second-order valence-corrected chi connectivity index (χ2v) is 6.48. The molecule has 2 aromatic rings. The van der Waals surface area contributed by atoms with Crippen molar-refractivity contribution in [1.29, 1.82) is 0 Å². The zero-order valence-corrected chi connectivity index (χ0v) is 13.1. The molecule has 1 aromatic carbocycles. The van der Waals surface area contributed by atoms with Gasteiger partial charge in [-0.2, -0.15) is 0 Å². The molecule has 0 atom stereocenters. The molecule has 0 spiro atoms. The van der Waals surface area contributed by atoms with E-state index < -0.39 is 0 Å². The van der Waals surface area contributed by atoms with E-state index in [1.54, 1.807) is 11.3 Å². The monoisotopic (exact) mass is 300 g/mol. The Morgan fingerprint density at radius 3 is 2.95 bits per heavy atom. The van der Waals surface area contributed by atoms with Crippen LogP contribution in [0.3, 0.4) is 0 Å². The number of carbonyl (C=O) groups excluding carboxylic acids is 1. The number of thiophene rings is 1. The second kappa shape index (κ2) is 6.54. The number of nitrogens with zero attached hydrogens (tertiary/aromatic N) is 1. The van der Waals surface area contributed by atoms with E-state index in [9.17, 15) is 4.79 Å². The minimum atomic E-state index is 0.781. The van der Waals surface area contributed by atoms with E-state index in [1.165, 1.54) is 15.6 Å². The van der Waals surface area contributed by atoms with Crippen molar-refractivity contribution < 1.29 is 4.79 Å². The van der Waals surface area contributed by atoms with Crippen LogP contribution in [0.5, 0.6) is 0 Å². The lowest BCUT2D eigenvalue weighted by Crippen LogP contribution is -2.43. The Morgan fingerprint density at radius 2 is 2.19 bits per heavy atom. The van der Waals surface area contributed by atoms with Gasteiger partial charge >= 0.3 is 0 Å². The highest BCUT2D eigenvalue weighted by molar-refractivity contribution is 7.17. The SMILES string of the molecule is Cc1ccc2scc(C(=C=O)CCN3CCNCC3)c2c1. The first kappa shape index (κ1) is 14.5. The van der Waals surface area contributed by atoms with Crippen LogP contribution in [0, 0.1) is 6.92 Å². The normalized spacial score (nSPS) is 16.0. The zero-order valence-electron chi connectivity index (χ0n) is 12.3. The summed E-state index contributed by atoms with van der Waals surface area (Å²) in [6.07, 6.45) is 0.781. The smallest absolute Gasteiger partial charge is 0.128 e. The van der Waals surface area contributed by atoms with Crippen molar-refractivity contribution in [3.63, 3.8) is 0 Å². The van der Waals surface area contributed by atoms with Crippen molar-refractivity contribution >= 4 is 32.9 Å². The van der Waals surface area contributed by atoms with Crippen LogP contribution in [0.4, 0.5) is 0 Å². The first-order chi connectivity index (χ1) is 10.3. The minimum absolute atomic E-state index is 0.781. The van der Waals surface area contributed by atoms with E-state index in [2.05, 4.69) is 46.7 Å². The Kier molecular flexibility index (Phi) is 4.51. The topological polar surface area (TPSA) is 32.3 Å².